The van der Waals surface area contributed by atoms with Gasteiger partial charge in [-0.2, -0.15) is 0 Å². The molecule has 0 saturated heterocycles. The summed E-state index contributed by atoms with van der Waals surface area (Å²) in [5.41, 5.74) is -0.751. The molecule has 4 atom stereocenters. The average molecular weight is 359 g/mol. The molecule has 3 fully saturated rings. The molecule has 0 radical (unpaired) electrons. The Morgan fingerprint density at radius 3 is 2.29 bits per heavy atom. The number of hydrogen-bond acceptors (Lipinski definition) is 3. The van der Waals surface area contributed by atoms with E-state index in [1.165, 1.54) is 25.7 Å². The summed E-state index contributed by atoms with van der Waals surface area (Å²) in [5.74, 6) is 1.37. The van der Waals surface area contributed by atoms with E-state index in [1.54, 1.807) is 0 Å². The van der Waals surface area contributed by atoms with Gasteiger partial charge in [0.05, 0.1) is 11.5 Å². The zero-order valence-electron chi connectivity index (χ0n) is 12.7. The molecule has 0 aromatic heterocycles. The van der Waals surface area contributed by atoms with Gasteiger partial charge >= 0.3 is 5.97 Å². The van der Waals surface area contributed by atoms with Gasteiger partial charge in [-0.15, -0.1) is 0 Å². The molecule has 0 heterocycles. The minimum atomic E-state index is -0.751. The molecule has 0 amide bonds. The lowest BCUT2D eigenvalue weighted by atomic mass is 9.68. The normalized spacial score (nSPS) is 38.8. The first-order valence-electron chi connectivity index (χ1n) is 8.57. The Kier molecular flexibility index (Phi) is 4.94. The summed E-state index contributed by atoms with van der Waals surface area (Å²) < 4.78 is 5.52. The number of hydrogen-bond donors (Lipinski definition) is 1. The molecule has 3 aliphatic carbocycles. The quantitative estimate of drug-likeness (QED) is 0.616. The van der Waals surface area contributed by atoms with E-state index in [2.05, 4.69) is 15.9 Å². The summed E-state index contributed by atoms with van der Waals surface area (Å²) in [6, 6.07) is 0. The van der Waals surface area contributed by atoms with Crippen LogP contribution in [0.5, 0.6) is 0 Å². The van der Waals surface area contributed by atoms with Crippen molar-refractivity contribution in [1.82, 2.24) is 0 Å². The number of carbonyl (C=O) groups excluding carboxylic acids is 1. The third kappa shape index (κ3) is 4.01. The molecule has 0 aromatic carbocycles. The second-order valence-electron chi connectivity index (χ2n) is 7.60. The minimum absolute atomic E-state index is 0.0586. The van der Waals surface area contributed by atoms with Crippen LogP contribution in [0.25, 0.3) is 0 Å². The number of fused-ring (bicyclic) bond motifs is 2. The lowest BCUT2D eigenvalue weighted by molar-refractivity contribution is -0.161. The topological polar surface area (TPSA) is 46.5 Å². The van der Waals surface area contributed by atoms with Crippen molar-refractivity contribution in [3.63, 3.8) is 0 Å². The summed E-state index contributed by atoms with van der Waals surface area (Å²) in [4.78, 5) is 13.0. The molecule has 2 bridgehead atoms. The van der Waals surface area contributed by atoms with Crippen LogP contribution in [0.4, 0.5) is 0 Å². The number of carbonyl (C=O) groups is 1. The molecule has 120 valence electrons. The van der Waals surface area contributed by atoms with Crippen LogP contribution in [-0.2, 0) is 9.53 Å². The van der Waals surface area contributed by atoms with Gasteiger partial charge in [0.25, 0.3) is 0 Å². The maximum absolute atomic E-state index is 12.4. The van der Waals surface area contributed by atoms with Gasteiger partial charge in [-0.1, -0.05) is 35.2 Å². The number of aliphatic hydroxyl groups is 1. The standard InChI is InChI=1S/C17H27BrO3/c18-15-9-12-6-13(10-15)8-14(7-12)16(19)21-11-17(20)4-2-1-3-5-17/h12-15,20H,1-11H2/t12-,13+,14?,15?. The van der Waals surface area contributed by atoms with E-state index < -0.39 is 5.60 Å². The first kappa shape index (κ1) is 15.8. The van der Waals surface area contributed by atoms with Gasteiger partial charge in [-0.05, 0) is 56.8 Å². The molecule has 1 N–H and O–H groups in total. The van der Waals surface area contributed by atoms with Gasteiger partial charge in [0.2, 0.25) is 0 Å². The zero-order chi connectivity index (χ0) is 14.9. The highest BCUT2D eigenvalue weighted by atomic mass is 79.9. The summed E-state index contributed by atoms with van der Waals surface area (Å²) >= 11 is 3.74. The highest BCUT2D eigenvalue weighted by Gasteiger charge is 2.39. The second-order valence-corrected chi connectivity index (χ2v) is 8.89. The smallest absolute Gasteiger partial charge is 0.309 e. The van der Waals surface area contributed by atoms with Crippen molar-refractivity contribution in [2.75, 3.05) is 6.61 Å². The van der Waals surface area contributed by atoms with Crippen molar-refractivity contribution < 1.29 is 14.6 Å². The molecule has 3 aliphatic rings. The monoisotopic (exact) mass is 358 g/mol. The molecular formula is C17H27BrO3. The van der Waals surface area contributed by atoms with Crippen molar-refractivity contribution in [2.45, 2.75) is 74.6 Å². The largest absolute Gasteiger partial charge is 0.462 e. The average Bonchev–Trinajstić information content (AvgIpc) is 2.44. The van der Waals surface area contributed by atoms with Crippen molar-refractivity contribution in [3.8, 4) is 0 Å². The second kappa shape index (κ2) is 6.57. The Labute approximate surface area is 135 Å². The SMILES string of the molecule is O=C(OCC1(O)CCCCC1)C1C[C@H]2CC(Br)C[C@@H](C1)C2. The van der Waals surface area contributed by atoms with E-state index in [0.717, 1.165) is 38.5 Å². The van der Waals surface area contributed by atoms with E-state index in [9.17, 15) is 9.90 Å². The molecular weight excluding hydrogens is 332 g/mol. The Morgan fingerprint density at radius 2 is 1.67 bits per heavy atom. The molecule has 4 heteroatoms. The van der Waals surface area contributed by atoms with Crippen LogP contribution in [-0.4, -0.2) is 28.1 Å². The highest BCUT2D eigenvalue weighted by molar-refractivity contribution is 9.09. The molecule has 0 aliphatic heterocycles. The summed E-state index contributed by atoms with van der Waals surface area (Å²) in [5, 5.41) is 10.4. The predicted octanol–water partition coefficient (Wildman–Crippen LogP) is 3.81. The predicted molar refractivity (Wildman–Crippen MR) is 85.3 cm³/mol. The molecule has 21 heavy (non-hydrogen) atoms. The summed E-state index contributed by atoms with van der Waals surface area (Å²) in [7, 11) is 0. The fraction of sp³-hybridized carbons (Fsp3) is 0.941. The Hall–Kier alpha value is -0.0900. The van der Waals surface area contributed by atoms with Gasteiger partial charge in [-0.25, -0.2) is 0 Å². The number of esters is 1. The number of halogens is 1. The lowest BCUT2D eigenvalue weighted by Gasteiger charge is -2.40. The van der Waals surface area contributed by atoms with E-state index >= 15 is 0 Å². The molecule has 3 rings (SSSR count). The highest BCUT2D eigenvalue weighted by Crippen LogP contribution is 2.45. The van der Waals surface area contributed by atoms with Crippen LogP contribution in [0.2, 0.25) is 0 Å². The van der Waals surface area contributed by atoms with Crippen LogP contribution >= 0.6 is 15.9 Å². The van der Waals surface area contributed by atoms with E-state index in [-0.39, 0.29) is 18.5 Å². The summed E-state index contributed by atoms with van der Waals surface area (Å²) in [6.45, 7) is 0.207. The van der Waals surface area contributed by atoms with Gasteiger partial charge in [0, 0.05) is 4.83 Å². The Morgan fingerprint density at radius 1 is 1.05 bits per heavy atom. The maximum atomic E-state index is 12.4. The first-order chi connectivity index (χ1) is 10.0. The van der Waals surface area contributed by atoms with Crippen molar-refractivity contribution in [1.29, 1.82) is 0 Å². The van der Waals surface area contributed by atoms with Crippen LogP contribution in [0.3, 0.4) is 0 Å². The number of alkyl halides is 1. The fourth-order valence-corrected chi connectivity index (χ4v) is 5.70. The van der Waals surface area contributed by atoms with Crippen LogP contribution in [0.15, 0.2) is 0 Å². The molecule has 3 nitrogen and oxygen atoms in total. The lowest BCUT2D eigenvalue weighted by Crippen LogP contribution is -2.40. The van der Waals surface area contributed by atoms with Crippen LogP contribution in [0.1, 0.15) is 64.2 Å². The van der Waals surface area contributed by atoms with Crippen molar-refractivity contribution >= 4 is 21.9 Å². The Balaban J connectivity index is 1.49. The minimum Gasteiger partial charge on any atom is -0.462 e. The maximum Gasteiger partial charge on any atom is 0.309 e. The third-order valence-electron chi connectivity index (χ3n) is 5.68. The zero-order valence-corrected chi connectivity index (χ0v) is 14.3. The number of rotatable bonds is 3. The fourth-order valence-electron chi connectivity index (χ4n) is 4.64. The van der Waals surface area contributed by atoms with Crippen molar-refractivity contribution in [3.05, 3.63) is 0 Å². The van der Waals surface area contributed by atoms with E-state index in [0.29, 0.717) is 16.7 Å². The van der Waals surface area contributed by atoms with Gasteiger partial charge in [-0.3, -0.25) is 4.79 Å². The Bertz CT molecular complexity index is 360. The van der Waals surface area contributed by atoms with Gasteiger partial charge in [0.1, 0.15) is 6.61 Å². The molecule has 2 unspecified atom stereocenters. The first-order valence-corrected chi connectivity index (χ1v) is 9.49. The van der Waals surface area contributed by atoms with E-state index in [1.807, 2.05) is 0 Å². The van der Waals surface area contributed by atoms with Gasteiger partial charge in [0.15, 0.2) is 0 Å². The van der Waals surface area contributed by atoms with E-state index in [4.69, 9.17) is 4.74 Å². The number of ether oxygens (including phenoxy) is 1. The third-order valence-corrected chi connectivity index (χ3v) is 6.43. The summed E-state index contributed by atoms with van der Waals surface area (Å²) in [6.07, 6.45) is 10.5. The van der Waals surface area contributed by atoms with Gasteiger partial charge < -0.3 is 9.84 Å². The molecule has 0 spiro atoms. The molecule has 0 aromatic rings. The molecule has 3 saturated carbocycles. The van der Waals surface area contributed by atoms with Crippen LogP contribution < -0.4 is 0 Å². The van der Waals surface area contributed by atoms with Crippen molar-refractivity contribution in [2.24, 2.45) is 17.8 Å². The van der Waals surface area contributed by atoms with Crippen LogP contribution in [0, 0.1) is 17.8 Å².